The molecule has 0 unspecified atom stereocenters. The molecule has 0 aromatic heterocycles. The minimum Gasteiger partial charge on any atom is -0.351 e. The highest BCUT2D eigenvalue weighted by molar-refractivity contribution is 5.78. The molecule has 1 amide bonds. The monoisotopic (exact) mass is 224 g/mol. The average molecular weight is 224 g/mol. The van der Waals surface area contributed by atoms with Crippen molar-refractivity contribution in [3.63, 3.8) is 0 Å². The lowest BCUT2D eigenvalue weighted by atomic mass is 10.2. The van der Waals surface area contributed by atoms with Gasteiger partial charge in [-0.05, 0) is 12.0 Å². The fourth-order valence-corrected chi connectivity index (χ4v) is 0.735. The molecule has 16 heavy (non-hydrogen) atoms. The summed E-state index contributed by atoms with van der Waals surface area (Å²) in [5, 5.41) is 2.65. The molecule has 0 heterocycles. The average Bonchev–Trinajstić information content (AvgIpc) is 2.30. The molecule has 92 valence electrons. The molecule has 0 saturated heterocycles. The first-order valence-electron chi connectivity index (χ1n) is 5.55. The van der Waals surface area contributed by atoms with Gasteiger partial charge in [0.2, 0.25) is 5.91 Å². The number of amides is 1. The zero-order valence-electron chi connectivity index (χ0n) is 10.5. The van der Waals surface area contributed by atoms with Gasteiger partial charge in [0.05, 0.1) is 6.54 Å². The summed E-state index contributed by atoms with van der Waals surface area (Å²) in [7, 11) is 0. The normalized spacial score (nSPS) is 9.81. The van der Waals surface area contributed by atoms with Crippen LogP contribution in [0.15, 0.2) is 37.0 Å². The third-order valence-electron chi connectivity index (χ3n) is 1.48. The molecular formula is C13H24N2O. The van der Waals surface area contributed by atoms with Crippen LogP contribution < -0.4 is 11.1 Å². The van der Waals surface area contributed by atoms with Crippen LogP contribution in [0.1, 0.15) is 26.7 Å². The van der Waals surface area contributed by atoms with E-state index >= 15 is 0 Å². The van der Waals surface area contributed by atoms with Crippen LogP contribution >= 0.6 is 0 Å². The number of allylic oxidation sites excluding steroid dienone is 2. The Labute approximate surface area is 99.1 Å². The molecule has 3 N–H and O–H groups in total. The molecule has 0 aliphatic carbocycles. The molecule has 0 aromatic rings. The van der Waals surface area contributed by atoms with E-state index in [9.17, 15) is 4.79 Å². The predicted octanol–water partition coefficient (Wildman–Crippen LogP) is 2.17. The van der Waals surface area contributed by atoms with Crippen LogP contribution in [0.2, 0.25) is 0 Å². The number of nitrogens with two attached hydrogens (primary N) is 1. The van der Waals surface area contributed by atoms with Gasteiger partial charge in [-0.3, -0.25) is 4.79 Å². The first kappa shape index (κ1) is 17.1. The third-order valence-corrected chi connectivity index (χ3v) is 1.48. The van der Waals surface area contributed by atoms with E-state index in [4.69, 9.17) is 5.73 Å². The smallest absolute Gasteiger partial charge is 0.234 e. The van der Waals surface area contributed by atoms with Crippen LogP contribution in [0.5, 0.6) is 0 Å². The number of nitrogens with one attached hydrogen (secondary N) is 1. The predicted molar refractivity (Wildman–Crippen MR) is 71.1 cm³/mol. The summed E-state index contributed by atoms with van der Waals surface area (Å²) in [5.41, 5.74) is 6.10. The van der Waals surface area contributed by atoms with Gasteiger partial charge < -0.3 is 11.1 Å². The van der Waals surface area contributed by atoms with Crippen molar-refractivity contribution in [2.24, 2.45) is 5.73 Å². The molecule has 0 radical (unpaired) electrons. The van der Waals surface area contributed by atoms with Crippen molar-refractivity contribution in [1.29, 1.82) is 0 Å². The van der Waals surface area contributed by atoms with Crippen LogP contribution in [-0.2, 0) is 4.79 Å². The van der Waals surface area contributed by atoms with Crippen LogP contribution in [-0.4, -0.2) is 19.0 Å². The molecule has 0 spiro atoms. The number of rotatable bonds is 6. The van der Waals surface area contributed by atoms with Crippen LogP contribution in [0.25, 0.3) is 0 Å². The fourth-order valence-electron chi connectivity index (χ4n) is 0.735. The molecule has 0 rings (SSSR count). The molecule has 3 nitrogen and oxygen atoms in total. The van der Waals surface area contributed by atoms with E-state index in [1.807, 2.05) is 6.08 Å². The van der Waals surface area contributed by atoms with Gasteiger partial charge in [-0.2, -0.15) is 0 Å². The highest BCUT2D eigenvalue weighted by Gasteiger charge is 1.96. The zero-order valence-corrected chi connectivity index (χ0v) is 10.5. The maximum absolute atomic E-state index is 10.8. The fraction of sp³-hybridized carbons (Fsp3) is 0.462. The summed E-state index contributed by atoms with van der Waals surface area (Å²) in [6.07, 6.45) is 7.48. The highest BCUT2D eigenvalue weighted by atomic mass is 16.1. The Morgan fingerprint density at radius 1 is 1.38 bits per heavy atom. The van der Waals surface area contributed by atoms with Gasteiger partial charge in [-0.25, -0.2) is 0 Å². The Morgan fingerprint density at radius 2 is 1.94 bits per heavy atom. The maximum atomic E-state index is 10.8. The van der Waals surface area contributed by atoms with E-state index in [0.29, 0.717) is 6.54 Å². The second-order valence-corrected chi connectivity index (χ2v) is 3.20. The van der Waals surface area contributed by atoms with Gasteiger partial charge in [-0.1, -0.05) is 45.1 Å². The number of hydrogen-bond acceptors (Lipinski definition) is 2. The molecule has 0 fully saturated rings. The quantitative estimate of drug-likeness (QED) is 0.536. The zero-order chi connectivity index (χ0) is 12.8. The van der Waals surface area contributed by atoms with Crippen molar-refractivity contribution in [1.82, 2.24) is 5.32 Å². The molecule has 0 bridgehead atoms. The van der Waals surface area contributed by atoms with Crippen molar-refractivity contribution < 1.29 is 4.79 Å². The summed E-state index contributed by atoms with van der Waals surface area (Å²) in [6, 6.07) is 0. The number of carbonyl (C=O) groups is 1. The Hall–Kier alpha value is -1.35. The maximum Gasteiger partial charge on any atom is 0.234 e. The van der Waals surface area contributed by atoms with Gasteiger partial charge in [0.1, 0.15) is 0 Å². The standard InChI is InChI=1S/C10H16N2O.C3H8/c1-3-5-6-9(4-2)8-12-10(13)7-11;1-3-2/h3-4,6H,1-2,5,7-8,11H2,(H,12,13);3H2,1-2H3/b9-6+;. The van der Waals surface area contributed by atoms with Crippen molar-refractivity contribution in [2.45, 2.75) is 26.7 Å². The van der Waals surface area contributed by atoms with E-state index in [-0.39, 0.29) is 12.5 Å². The summed E-state index contributed by atoms with van der Waals surface area (Å²) >= 11 is 0. The minimum atomic E-state index is -0.161. The van der Waals surface area contributed by atoms with Gasteiger partial charge in [0.25, 0.3) is 0 Å². The van der Waals surface area contributed by atoms with Gasteiger partial charge >= 0.3 is 0 Å². The van der Waals surface area contributed by atoms with E-state index < -0.39 is 0 Å². The lowest BCUT2D eigenvalue weighted by Crippen LogP contribution is -2.31. The molecular weight excluding hydrogens is 200 g/mol. The second-order valence-electron chi connectivity index (χ2n) is 3.20. The molecule has 0 aromatic carbocycles. The highest BCUT2D eigenvalue weighted by Crippen LogP contribution is 1.96. The van der Waals surface area contributed by atoms with Crippen LogP contribution in [0.3, 0.4) is 0 Å². The van der Waals surface area contributed by atoms with Crippen LogP contribution in [0.4, 0.5) is 0 Å². The third kappa shape index (κ3) is 12.7. The Morgan fingerprint density at radius 3 is 2.31 bits per heavy atom. The summed E-state index contributed by atoms with van der Waals surface area (Å²) in [5.74, 6) is -0.161. The van der Waals surface area contributed by atoms with E-state index in [1.165, 1.54) is 6.42 Å². The Bertz CT molecular complexity index is 232. The van der Waals surface area contributed by atoms with Gasteiger partial charge in [0, 0.05) is 6.54 Å². The van der Waals surface area contributed by atoms with Gasteiger partial charge in [-0.15, -0.1) is 6.58 Å². The van der Waals surface area contributed by atoms with E-state index in [2.05, 4.69) is 32.3 Å². The van der Waals surface area contributed by atoms with E-state index in [1.54, 1.807) is 12.2 Å². The largest absolute Gasteiger partial charge is 0.351 e. The van der Waals surface area contributed by atoms with Crippen molar-refractivity contribution in [3.05, 3.63) is 37.0 Å². The number of carbonyl (C=O) groups excluding carboxylic acids is 1. The molecule has 0 saturated carbocycles. The molecule has 0 atom stereocenters. The second kappa shape index (κ2) is 13.7. The molecule has 3 heteroatoms. The van der Waals surface area contributed by atoms with Crippen molar-refractivity contribution in [2.75, 3.05) is 13.1 Å². The first-order chi connectivity index (χ1) is 7.65. The summed E-state index contributed by atoms with van der Waals surface area (Å²) in [4.78, 5) is 10.8. The number of hydrogen-bond donors (Lipinski definition) is 2. The Kier molecular flexibility index (Phi) is 14.6. The van der Waals surface area contributed by atoms with Crippen LogP contribution in [0, 0.1) is 0 Å². The minimum absolute atomic E-state index is 0.0197. The van der Waals surface area contributed by atoms with E-state index in [0.717, 1.165) is 12.0 Å². The van der Waals surface area contributed by atoms with Crippen molar-refractivity contribution >= 4 is 5.91 Å². The summed E-state index contributed by atoms with van der Waals surface area (Å²) in [6.45, 7) is 12.0. The van der Waals surface area contributed by atoms with Crippen molar-refractivity contribution in [3.8, 4) is 0 Å². The molecule has 0 aliphatic heterocycles. The molecule has 0 aliphatic rings. The topological polar surface area (TPSA) is 55.1 Å². The first-order valence-corrected chi connectivity index (χ1v) is 5.55. The lowest BCUT2D eigenvalue weighted by Gasteiger charge is -2.03. The summed E-state index contributed by atoms with van der Waals surface area (Å²) < 4.78 is 0. The van der Waals surface area contributed by atoms with Gasteiger partial charge in [0.15, 0.2) is 0 Å². The lowest BCUT2D eigenvalue weighted by molar-refractivity contribution is -0.119. The Balaban J connectivity index is 0. The SMILES string of the molecule is C=CC/C=C(\C=C)CNC(=O)CN.CCC.